The molecule has 0 aromatic heterocycles. The van der Waals surface area contributed by atoms with Crippen molar-refractivity contribution in [3.63, 3.8) is 0 Å². The third-order valence-electron chi connectivity index (χ3n) is 3.23. The smallest absolute Gasteiger partial charge is 0.223 e. The Balaban J connectivity index is 1.79. The van der Waals surface area contributed by atoms with E-state index >= 15 is 0 Å². The second-order valence-corrected chi connectivity index (χ2v) is 6.66. The van der Waals surface area contributed by atoms with Gasteiger partial charge in [0.2, 0.25) is 5.91 Å². The summed E-state index contributed by atoms with van der Waals surface area (Å²) in [6, 6.07) is 8.44. The summed E-state index contributed by atoms with van der Waals surface area (Å²) in [4.78, 5) is 15.4. The molecule has 1 saturated heterocycles. The van der Waals surface area contributed by atoms with Crippen LogP contribution in [0.5, 0.6) is 0 Å². The predicted molar refractivity (Wildman–Crippen MR) is 83.5 cm³/mol. The lowest BCUT2D eigenvalue weighted by Gasteiger charge is -2.34. The molecule has 1 aromatic carbocycles. The van der Waals surface area contributed by atoms with Crippen molar-refractivity contribution in [3.8, 4) is 0 Å². The standard InChI is InChI=1S/C14H19BrN2OS/c1-11-10-16-7-8-17(11)14(18)6-9-19-13-5-3-2-4-12(13)15/h2-5,11,16H,6-10H2,1H3/t11-/m1/s1. The maximum atomic E-state index is 12.2. The molecule has 0 spiro atoms. The number of rotatable bonds is 4. The molecule has 1 N–H and O–H groups in total. The Morgan fingerprint density at radius 3 is 3.05 bits per heavy atom. The number of amides is 1. The Bertz CT molecular complexity index is 441. The van der Waals surface area contributed by atoms with Crippen LogP contribution in [-0.4, -0.2) is 42.2 Å². The SMILES string of the molecule is C[C@@H]1CNCCN1C(=O)CCSc1ccccc1Br. The number of nitrogens with zero attached hydrogens (tertiary/aromatic N) is 1. The molecule has 0 saturated carbocycles. The van der Waals surface area contributed by atoms with Gasteiger partial charge in [-0.2, -0.15) is 0 Å². The molecule has 1 heterocycles. The van der Waals surface area contributed by atoms with Crippen molar-refractivity contribution in [2.45, 2.75) is 24.3 Å². The van der Waals surface area contributed by atoms with Gasteiger partial charge >= 0.3 is 0 Å². The van der Waals surface area contributed by atoms with E-state index in [4.69, 9.17) is 0 Å². The van der Waals surface area contributed by atoms with E-state index < -0.39 is 0 Å². The third-order valence-corrected chi connectivity index (χ3v) is 5.26. The van der Waals surface area contributed by atoms with Crippen LogP contribution in [-0.2, 0) is 4.79 Å². The number of carbonyl (C=O) groups excluding carboxylic acids is 1. The molecule has 1 atom stereocenters. The summed E-state index contributed by atoms with van der Waals surface area (Å²) in [6.45, 7) is 4.75. The van der Waals surface area contributed by atoms with E-state index in [0.717, 1.165) is 29.9 Å². The van der Waals surface area contributed by atoms with Gasteiger partial charge in [0.15, 0.2) is 0 Å². The first-order valence-electron chi connectivity index (χ1n) is 6.56. The molecule has 0 aliphatic carbocycles. The molecule has 2 rings (SSSR count). The average molecular weight is 343 g/mol. The minimum absolute atomic E-state index is 0.272. The average Bonchev–Trinajstić information content (AvgIpc) is 2.41. The van der Waals surface area contributed by atoms with E-state index in [9.17, 15) is 4.79 Å². The monoisotopic (exact) mass is 342 g/mol. The van der Waals surface area contributed by atoms with Crippen LogP contribution in [0.4, 0.5) is 0 Å². The Morgan fingerprint density at radius 1 is 1.53 bits per heavy atom. The number of hydrogen-bond acceptors (Lipinski definition) is 3. The molecular formula is C14H19BrN2OS. The Hall–Kier alpha value is -0.520. The van der Waals surface area contributed by atoms with Crippen molar-refractivity contribution in [3.05, 3.63) is 28.7 Å². The zero-order chi connectivity index (χ0) is 13.7. The van der Waals surface area contributed by atoms with Gasteiger partial charge in [0, 0.05) is 47.2 Å². The van der Waals surface area contributed by atoms with Crippen LogP contribution in [0.25, 0.3) is 0 Å². The number of nitrogens with one attached hydrogen (secondary N) is 1. The van der Waals surface area contributed by atoms with Gasteiger partial charge in [-0.25, -0.2) is 0 Å². The normalized spacial score (nSPS) is 19.5. The lowest BCUT2D eigenvalue weighted by Crippen LogP contribution is -2.52. The van der Waals surface area contributed by atoms with Crippen LogP contribution >= 0.6 is 27.7 Å². The van der Waals surface area contributed by atoms with Gasteiger partial charge < -0.3 is 10.2 Å². The number of hydrogen-bond donors (Lipinski definition) is 1. The largest absolute Gasteiger partial charge is 0.337 e. The zero-order valence-electron chi connectivity index (χ0n) is 11.1. The van der Waals surface area contributed by atoms with Gasteiger partial charge in [-0.1, -0.05) is 12.1 Å². The molecule has 1 amide bonds. The van der Waals surface area contributed by atoms with Crippen molar-refractivity contribution in [1.29, 1.82) is 0 Å². The second kappa shape index (κ2) is 7.31. The summed E-state index contributed by atoms with van der Waals surface area (Å²) in [5.41, 5.74) is 0. The Kier molecular flexibility index (Phi) is 5.73. The van der Waals surface area contributed by atoms with Crippen LogP contribution in [0.1, 0.15) is 13.3 Å². The van der Waals surface area contributed by atoms with E-state index in [1.807, 2.05) is 23.1 Å². The molecule has 0 bridgehead atoms. The molecule has 3 nitrogen and oxygen atoms in total. The quantitative estimate of drug-likeness (QED) is 0.854. The maximum Gasteiger partial charge on any atom is 0.223 e. The molecule has 5 heteroatoms. The molecule has 1 aliphatic rings. The van der Waals surface area contributed by atoms with Crippen molar-refractivity contribution >= 4 is 33.6 Å². The summed E-state index contributed by atoms with van der Waals surface area (Å²) in [7, 11) is 0. The zero-order valence-corrected chi connectivity index (χ0v) is 13.5. The molecule has 0 radical (unpaired) electrons. The fraction of sp³-hybridized carbons (Fsp3) is 0.500. The number of thioether (sulfide) groups is 1. The first kappa shape index (κ1) is 14.9. The fourth-order valence-corrected chi connectivity index (χ4v) is 3.67. The highest BCUT2D eigenvalue weighted by Crippen LogP contribution is 2.27. The van der Waals surface area contributed by atoms with Gasteiger partial charge in [-0.05, 0) is 35.0 Å². The van der Waals surface area contributed by atoms with Gasteiger partial charge in [0.05, 0.1) is 0 Å². The van der Waals surface area contributed by atoms with Crippen LogP contribution in [0.3, 0.4) is 0 Å². The van der Waals surface area contributed by atoms with Gasteiger partial charge in [-0.3, -0.25) is 4.79 Å². The van der Waals surface area contributed by atoms with E-state index in [-0.39, 0.29) is 5.91 Å². The van der Waals surface area contributed by atoms with Crippen molar-refractivity contribution in [1.82, 2.24) is 10.2 Å². The second-order valence-electron chi connectivity index (χ2n) is 4.67. The molecular weight excluding hydrogens is 324 g/mol. The van der Waals surface area contributed by atoms with Crippen LogP contribution in [0, 0.1) is 0 Å². The summed E-state index contributed by atoms with van der Waals surface area (Å²) in [5.74, 6) is 1.10. The minimum atomic E-state index is 0.272. The summed E-state index contributed by atoms with van der Waals surface area (Å²) < 4.78 is 1.10. The van der Waals surface area contributed by atoms with Gasteiger partial charge in [-0.15, -0.1) is 11.8 Å². The molecule has 1 aromatic rings. The first-order chi connectivity index (χ1) is 9.18. The molecule has 0 unspecified atom stereocenters. The predicted octanol–water partition coefficient (Wildman–Crippen LogP) is 2.75. The van der Waals surface area contributed by atoms with E-state index in [2.05, 4.69) is 34.2 Å². The van der Waals surface area contributed by atoms with Gasteiger partial charge in [0.25, 0.3) is 0 Å². The molecule has 19 heavy (non-hydrogen) atoms. The van der Waals surface area contributed by atoms with Crippen LogP contribution in [0.15, 0.2) is 33.6 Å². The molecule has 1 aliphatic heterocycles. The van der Waals surface area contributed by atoms with Crippen LogP contribution in [0.2, 0.25) is 0 Å². The summed E-state index contributed by atoms with van der Waals surface area (Å²) >= 11 is 5.26. The third kappa shape index (κ3) is 4.23. The lowest BCUT2D eigenvalue weighted by molar-refractivity contribution is -0.133. The van der Waals surface area contributed by atoms with Gasteiger partial charge in [0.1, 0.15) is 0 Å². The van der Waals surface area contributed by atoms with E-state index in [1.54, 1.807) is 11.8 Å². The highest BCUT2D eigenvalue weighted by Gasteiger charge is 2.22. The highest BCUT2D eigenvalue weighted by molar-refractivity contribution is 9.10. The number of carbonyl (C=O) groups is 1. The fourth-order valence-electron chi connectivity index (χ4n) is 2.17. The highest BCUT2D eigenvalue weighted by atomic mass is 79.9. The van der Waals surface area contributed by atoms with E-state index in [1.165, 1.54) is 4.90 Å². The Labute approximate surface area is 127 Å². The van der Waals surface area contributed by atoms with Crippen molar-refractivity contribution in [2.75, 3.05) is 25.4 Å². The van der Waals surface area contributed by atoms with Crippen LogP contribution < -0.4 is 5.32 Å². The molecule has 1 fully saturated rings. The topological polar surface area (TPSA) is 32.3 Å². The maximum absolute atomic E-state index is 12.2. The lowest BCUT2D eigenvalue weighted by atomic mass is 10.2. The number of halogens is 1. The van der Waals surface area contributed by atoms with Crippen molar-refractivity contribution in [2.24, 2.45) is 0 Å². The van der Waals surface area contributed by atoms with Crippen molar-refractivity contribution < 1.29 is 4.79 Å². The summed E-state index contributed by atoms with van der Waals surface area (Å²) in [5, 5.41) is 3.30. The van der Waals surface area contributed by atoms with E-state index in [0.29, 0.717) is 12.5 Å². The number of benzene rings is 1. The summed E-state index contributed by atoms with van der Waals surface area (Å²) in [6.07, 6.45) is 0.607. The minimum Gasteiger partial charge on any atom is -0.337 e. The molecule has 104 valence electrons. The number of piperazine rings is 1. The Morgan fingerprint density at radius 2 is 2.32 bits per heavy atom. The first-order valence-corrected chi connectivity index (χ1v) is 8.34.